The van der Waals surface area contributed by atoms with Gasteiger partial charge in [-0.05, 0) is 48.7 Å². The van der Waals surface area contributed by atoms with Crippen LogP contribution in [0.4, 0.5) is 16.2 Å². The second-order valence-corrected chi connectivity index (χ2v) is 8.64. The van der Waals surface area contributed by atoms with Crippen LogP contribution < -0.4 is 9.21 Å². The van der Waals surface area contributed by atoms with Crippen LogP contribution >= 0.6 is 0 Å². The van der Waals surface area contributed by atoms with Crippen LogP contribution in [0.25, 0.3) is 0 Å². The molecule has 0 aromatic heterocycles. The number of fused-ring (bicyclic) bond motifs is 1. The fourth-order valence-corrected chi connectivity index (χ4v) is 5.05. The average molecular weight is 392 g/mol. The van der Waals surface area contributed by atoms with Crippen LogP contribution in [0, 0.1) is 13.8 Å². The van der Waals surface area contributed by atoms with Gasteiger partial charge in [0.15, 0.2) is 0 Å². The van der Waals surface area contributed by atoms with Crippen molar-refractivity contribution in [3.63, 3.8) is 0 Å². The molecule has 0 fully saturated rings. The minimum Gasteiger partial charge on any atom is -0.287 e. The van der Waals surface area contributed by atoms with Crippen LogP contribution in [-0.4, -0.2) is 14.4 Å². The Balaban J connectivity index is 1.91. The summed E-state index contributed by atoms with van der Waals surface area (Å²) in [5.74, 6) is 0. The zero-order valence-electron chi connectivity index (χ0n) is 15.7. The maximum absolute atomic E-state index is 13.4. The zero-order valence-corrected chi connectivity index (χ0v) is 16.5. The van der Waals surface area contributed by atoms with Gasteiger partial charge >= 0.3 is 6.03 Å². The molecular weight excluding hydrogens is 372 g/mol. The Morgan fingerprint density at radius 1 is 0.821 bits per heavy atom. The molecule has 1 aliphatic heterocycles. The third-order valence-electron chi connectivity index (χ3n) is 4.85. The largest absolute Gasteiger partial charge is 0.343 e. The highest BCUT2D eigenvalue weighted by Gasteiger charge is 2.42. The summed E-state index contributed by atoms with van der Waals surface area (Å²) in [6.07, 6.45) is 0. The molecular formula is C22H20N2O3S. The standard InChI is InChI=1S/C22H20N2O3S/c1-16-12-13-17(2)20(14-16)24-22(25)23(15-18-8-4-3-5-9-18)19-10-6-7-11-21(19)28(24,26)27/h3-14H,15H2,1-2H3. The van der Waals surface area contributed by atoms with Crippen molar-refractivity contribution in [1.29, 1.82) is 0 Å². The molecule has 1 heterocycles. The zero-order chi connectivity index (χ0) is 19.9. The molecule has 0 saturated carbocycles. The molecule has 0 unspecified atom stereocenters. The van der Waals surface area contributed by atoms with E-state index in [4.69, 9.17) is 0 Å². The smallest absolute Gasteiger partial charge is 0.287 e. The molecule has 1 aliphatic rings. The lowest BCUT2D eigenvalue weighted by atomic mass is 10.1. The van der Waals surface area contributed by atoms with E-state index in [0.29, 0.717) is 11.4 Å². The molecule has 3 aromatic carbocycles. The Labute approximate surface area is 164 Å². The number of carbonyl (C=O) groups excluding carboxylic acids is 1. The summed E-state index contributed by atoms with van der Waals surface area (Å²) in [7, 11) is -4.01. The summed E-state index contributed by atoms with van der Waals surface area (Å²) < 4.78 is 27.6. The molecule has 142 valence electrons. The number of anilines is 2. The summed E-state index contributed by atoms with van der Waals surface area (Å²) in [4.78, 5) is 15.1. The Kier molecular flexibility index (Phi) is 4.43. The third kappa shape index (κ3) is 2.96. The maximum atomic E-state index is 13.4. The molecule has 0 aliphatic carbocycles. The quantitative estimate of drug-likeness (QED) is 0.652. The Hall–Kier alpha value is -3.12. The highest BCUT2D eigenvalue weighted by Crippen LogP contribution is 2.39. The Morgan fingerprint density at radius 3 is 2.25 bits per heavy atom. The van der Waals surface area contributed by atoms with Crippen LogP contribution in [0.1, 0.15) is 16.7 Å². The number of carbonyl (C=O) groups is 1. The number of nitrogens with zero attached hydrogens (tertiary/aromatic N) is 2. The lowest BCUT2D eigenvalue weighted by Crippen LogP contribution is -2.51. The van der Waals surface area contributed by atoms with Crippen LogP contribution in [-0.2, 0) is 16.6 Å². The van der Waals surface area contributed by atoms with Crippen LogP contribution in [0.5, 0.6) is 0 Å². The second-order valence-electron chi connectivity index (χ2n) is 6.88. The number of para-hydroxylation sites is 1. The first kappa shape index (κ1) is 18.3. The van der Waals surface area contributed by atoms with Crippen LogP contribution in [0.15, 0.2) is 77.7 Å². The highest BCUT2D eigenvalue weighted by molar-refractivity contribution is 7.94. The van der Waals surface area contributed by atoms with Crippen LogP contribution in [0.3, 0.4) is 0 Å². The summed E-state index contributed by atoms with van der Waals surface area (Å²) in [6.45, 7) is 3.97. The molecule has 28 heavy (non-hydrogen) atoms. The SMILES string of the molecule is Cc1ccc(C)c(N2C(=O)N(Cc3ccccc3)c3ccccc3S2(=O)=O)c1. The van der Waals surface area contributed by atoms with E-state index < -0.39 is 16.1 Å². The summed E-state index contributed by atoms with van der Waals surface area (Å²) in [5, 5.41) is 0. The minimum absolute atomic E-state index is 0.131. The number of benzene rings is 3. The highest BCUT2D eigenvalue weighted by atomic mass is 32.2. The molecule has 0 radical (unpaired) electrons. The van der Waals surface area contributed by atoms with E-state index >= 15 is 0 Å². The van der Waals surface area contributed by atoms with Crippen molar-refractivity contribution < 1.29 is 13.2 Å². The fraction of sp³-hybridized carbons (Fsp3) is 0.136. The molecule has 2 amide bonds. The second kappa shape index (κ2) is 6.80. The summed E-state index contributed by atoms with van der Waals surface area (Å²) >= 11 is 0. The molecule has 6 heteroatoms. The normalized spacial score (nSPS) is 15.4. The topological polar surface area (TPSA) is 57.7 Å². The van der Waals surface area contributed by atoms with Gasteiger partial charge in [0.25, 0.3) is 10.0 Å². The Bertz CT molecular complexity index is 1160. The van der Waals surface area contributed by atoms with Crippen molar-refractivity contribution in [2.45, 2.75) is 25.3 Å². The van der Waals surface area contributed by atoms with Gasteiger partial charge in [-0.25, -0.2) is 13.2 Å². The van der Waals surface area contributed by atoms with Crippen molar-refractivity contribution in [2.75, 3.05) is 9.21 Å². The first-order valence-corrected chi connectivity index (χ1v) is 10.4. The maximum Gasteiger partial charge on any atom is 0.343 e. The molecule has 5 nitrogen and oxygen atoms in total. The van der Waals surface area contributed by atoms with Gasteiger partial charge in [0, 0.05) is 0 Å². The van der Waals surface area contributed by atoms with Crippen molar-refractivity contribution in [1.82, 2.24) is 0 Å². The van der Waals surface area contributed by atoms with E-state index in [0.717, 1.165) is 21.0 Å². The first-order chi connectivity index (χ1) is 13.4. The minimum atomic E-state index is -4.01. The van der Waals surface area contributed by atoms with E-state index in [1.807, 2.05) is 49.4 Å². The van der Waals surface area contributed by atoms with E-state index in [2.05, 4.69) is 0 Å². The molecule has 0 N–H and O–H groups in total. The molecule has 4 rings (SSSR count). The van der Waals surface area contributed by atoms with Gasteiger partial charge in [-0.1, -0.05) is 54.6 Å². The number of aryl methyl sites for hydroxylation is 2. The average Bonchev–Trinajstić information content (AvgIpc) is 2.69. The molecule has 0 saturated heterocycles. The number of hydrogen-bond donors (Lipinski definition) is 0. The van der Waals surface area contributed by atoms with E-state index in [1.54, 1.807) is 37.3 Å². The number of amides is 2. The van der Waals surface area contributed by atoms with Gasteiger partial charge in [0.2, 0.25) is 0 Å². The molecule has 0 atom stereocenters. The van der Waals surface area contributed by atoms with Crippen molar-refractivity contribution in [3.8, 4) is 0 Å². The number of hydrogen-bond acceptors (Lipinski definition) is 3. The lowest BCUT2D eigenvalue weighted by Gasteiger charge is -2.37. The van der Waals surface area contributed by atoms with E-state index in [-0.39, 0.29) is 11.4 Å². The molecule has 0 bridgehead atoms. The number of rotatable bonds is 3. The van der Waals surface area contributed by atoms with E-state index in [1.165, 1.54) is 4.90 Å². The van der Waals surface area contributed by atoms with Crippen LogP contribution in [0.2, 0.25) is 0 Å². The van der Waals surface area contributed by atoms with Gasteiger partial charge in [-0.2, -0.15) is 4.31 Å². The molecule has 0 spiro atoms. The van der Waals surface area contributed by atoms with Crippen molar-refractivity contribution in [2.24, 2.45) is 0 Å². The van der Waals surface area contributed by atoms with Gasteiger partial charge in [0.1, 0.15) is 4.90 Å². The Morgan fingerprint density at radius 2 is 1.50 bits per heavy atom. The predicted octanol–water partition coefficient (Wildman–Crippen LogP) is 4.64. The summed E-state index contributed by atoms with van der Waals surface area (Å²) in [5.41, 5.74) is 3.32. The van der Waals surface area contributed by atoms with Gasteiger partial charge in [0.05, 0.1) is 17.9 Å². The third-order valence-corrected chi connectivity index (χ3v) is 6.58. The first-order valence-electron chi connectivity index (χ1n) is 8.96. The van der Waals surface area contributed by atoms with Crippen molar-refractivity contribution >= 4 is 27.4 Å². The molecule has 3 aromatic rings. The van der Waals surface area contributed by atoms with Gasteiger partial charge < -0.3 is 0 Å². The monoisotopic (exact) mass is 392 g/mol. The van der Waals surface area contributed by atoms with Gasteiger partial charge in [-0.15, -0.1) is 0 Å². The fourth-order valence-electron chi connectivity index (χ4n) is 3.40. The van der Waals surface area contributed by atoms with Gasteiger partial charge in [-0.3, -0.25) is 4.90 Å². The number of urea groups is 1. The predicted molar refractivity (Wildman–Crippen MR) is 110 cm³/mol. The number of sulfonamides is 1. The lowest BCUT2D eigenvalue weighted by molar-refractivity contribution is 0.253. The summed E-state index contributed by atoms with van der Waals surface area (Å²) in [6, 6.07) is 21.1. The van der Waals surface area contributed by atoms with E-state index in [9.17, 15) is 13.2 Å². The van der Waals surface area contributed by atoms with Crippen molar-refractivity contribution in [3.05, 3.63) is 89.5 Å².